The molecule has 0 aliphatic rings. The number of aryl methyl sites for hydroxylation is 1. The summed E-state index contributed by atoms with van der Waals surface area (Å²) in [6.07, 6.45) is 4.59. The fourth-order valence-electron chi connectivity index (χ4n) is 2.63. The number of hydrogen-bond acceptors (Lipinski definition) is 6. The molecule has 0 bridgehead atoms. The lowest BCUT2D eigenvalue weighted by molar-refractivity contribution is 0.394. The highest BCUT2D eigenvalue weighted by Gasteiger charge is 2.26. The zero-order valence-corrected chi connectivity index (χ0v) is 15.1. The first-order chi connectivity index (χ1) is 12.3. The van der Waals surface area contributed by atoms with Gasteiger partial charge < -0.3 is 10.5 Å². The van der Waals surface area contributed by atoms with Crippen molar-refractivity contribution in [1.82, 2.24) is 19.9 Å². The second-order valence-electron chi connectivity index (χ2n) is 6.91. The first-order valence-electron chi connectivity index (χ1n) is 8.14. The fraction of sp³-hybridized carbons (Fsp3) is 0.263. The van der Waals surface area contributed by atoms with Crippen LogP contribution in [-0.2, 0) is 5.41 Å². The van der Waals surface area contributed by atoms with E-state index >= 15 is 4.39 Å². The van der Waals surface area contributed by atoms with Crippen molar-refractivity contribution in [3.05, 3.63) is 53.9 Å². The van der Waals surface area contributed by atoms with Crippen LogP contribution in [0.25, 0.3) is 11.1 Å². The summed E-state index contributed by atoms with van der Waals surface area (Å²) in [6, 6.07) is 5.29. The van der Waals surface area contributed by atoms with E-state index in [0.717, 1.165) is 0 Å². The van der Waals surface area contributed by atoms with Crippen LogP contribution in [0.3, 0.4) is 0 Å². The molecule has 1 aromatic carbocycles. The molecule has 0 saturated carbocycles. The second kappa shape index (κ2) is 6.67. The number of nitrogen functional groups attached to an aromatic ring is 1. The number of aromatic nitrogens is 4. The lowest BCUT2D eigenvalue weighted by atomic mass is 9.85. The third kappa shape index (κ3) is 3.46. The SMILES string of the molecule is Cc1nc(N)ncc1-c1ccc(C(C)(C)C)c(Oc2ncccn2)c1F. The minimum absolute atomic E-state index is 0.0827. The molecule has 0 spiro atoms. The smallest absolute Gasteiger partial charge is 0.321 e. The number of benzene rings is 1. The highest BCUT2D eigenvalue weighted by Crippen LogP contribution is 2.40. The van der Waals surface area contributed by atoms with Crippen LogP contribution in [0.1, 0.15) is 32.0 Å². The summed E-state index contributed by atoms with van der Waals surface area (Å²) in [5.41, 5.74) is 7.44. The number of halogens is 1. The van der Waals surface area contributed by atoms with Gasteiger partial charge in [0.1, 0.15) is 0 Å². The molecule has 0 amide bonds. The summed E-state index contributed by atoms with van der Waals surface area (Å²) < 4.78 is 21.2. The van der Waals surface area contributed by atoms with Gasteiger partial charge in [0.15, 0.2) is 11.6 Å². The van der Waals surface area contributed by atoms with Crippen LogP contribution in [0.15, 0.2) is 36.8 Å². The molecule has 134 valence electrons. The fourth-order valence-corrected chi connectivity index (χ4v) is 2.63. The Balaban J connectivity index is 2.18. The molecule has 0 aliphatic heterocycles. The maximum Gasteiger partial charge on any atom is 0.321 e. The molecule has 6 nitrogen and oxygen atoms in total. The van der Waals surface area contributed by atoms with E-state index in [4.69, 9.17) is 10.5 Å². The molecule has 2 N–H and O–H groups in total. The van der Waals surface area contributed by atoms with Gasteiger partial charge in [-0.15, -0.1) is 0 Å². The third-order valence-corrected chi connectivity index (χ3v) is 3.93. The summed E-state index contributed by atoms with van der Waals surface area (Å²) in [7, 11) is 0. The summed E-state index contributed by atoms with van der Waals surface area (Å²) in [6.45, 7) is 7.71. The van der Waals surface area contributed by atoms with Crippen molar-refractivity contribution >= 4 is 5.95 Å². The Hall–Kier alpha value is -3.09. The van der Waals surface area contributed by atoms with E-state index in [1.54, 1.807) is 31.5 Å². The van der Waals surface area contributed by atoms with E-state index in [1.165, 1.54) is 6.20 Å². The highest BCUT2D eigenvalue weighted by molar-refractivity contribution is 5.69. The van der Waals surface area contributed by atoms with Crippen molar-refractivity contribution in [2.45, 2.75) is 33.1 Å². The highest BCUT2D eigenvalue weighted by atomic mass is 19.1. The van der Waals surface area contributed by atoms with Crippen LogP contribution >= 0.6 is 0 Å². The Labute approximate surface area is 151 Å². The number of hydrogen-bond donors (Lipinski definition) is 1. The molecular weight excluding hydrogens is 333 g/mol. The van der Waals surface area contributed by atoms with Crippen molar-refractivity contribution in [1.29, 1.82) is 0 Å². The molecule has 0 atom stereocenters. The molecule has 2 aromatic heterocycles. The van der Waals surface area contributed by atoms with E-state index in [9.17, 15) is 0 Å². The predicted octanol–water partition coefficient (Wildman–Crippen LogP) is 4.05. The third-order valence-electron chi connectivity index (χ3n) is 3.93. The Morgan fingerprint density at radius 2 is 1.73 bits per heavy atom. The van der Waals surface area contributed by atoms with Gasteiger partial charge in [-0.05, 0) is 18.4 Å². The van der Waals surface area contributed by atoms with Gasteiger partial charge in [0.2, 0.25) is 5.95 Å². The molecule has 3 aromatic rings. The standard InChI is InChI=1S/C19H20FN5O/c1-11-13(10-24-17(21)25-11)12-6-7-14(19(2,3)4)16(15(12)20)26-18-22-8-5-9-23-18/h5-10H,1-4H3,(H2,21,24,25). The summed E-state index contributed by atoms with van der Waals surface area (Å²) in [5, 5.41) is 0. The Morgan fingerprint density at radius 1 is 1.04 bits per heavy atom. The van der Waals surface area contributed by atoms with E-state index in [1.807, 2.05) is 26.8 Å². The summed E-state index contributed by atoms with van der Waals surface area (Å²) in [4.78, 5) is 16.1. The maximum atomic E-state index is 15.4. The molecule has 0 radical (unpaired) electrons. The van der Waals surface area contributed by atoms with Crippen LogP contribution in [0, 0.1) is 12.7 Å². The van der Waals surface area contributed by atoms with Crippen molar-refractivity contribution in [2.75, 3.05) is 5.73 Å². The minimum Gasteiger partial charge on any atom is -0.421 e. The molecule has 3 rings (SSSR count). The Bertz CT molecular complexity index is 939. The van der Waals surface area contributed by atoms with Crippen LogP contribution in [0.2, 0.25) is 0 Å². The Morgan fingerprint density at radius 3 is 2.35 bits per heavy atom. The van der Waals surface area contributed by atoms with E-state index in [-0.39, 0.29) is 23.1 Å². The first-order valence-corrected chi connectivity index (χ1v) is 8.14. The van der Waals surface area contributed by atoms with E-state index in [2.05, 4.69) is 19.9 Å². The van der Waals surface area contributed by atoms with Gasteiger partial charge in [-0.2, -0.15) is 0 Å². The Kier molecular flexibility index (Phi) is 4.54. The van der Waals surface area contributed by atoms with Gasteiger partial charge in [0.05, 0.1) is 5.69 Å². The molecular formula is C19H20FN5O. The van der Waals surface area contributed by atoms with Gasteiger partial charge >= 0.3 is 6.01 Å². The predicted molar refractivity (Wildman–Crippen MR) is 97.4 cm³/mol. The van der Waals surface area contributed by atoms with Gasteiger partial charge in [0.25, 0.3) is 0 Å². The lowest BCUT2D eigenvalue weighted by Crippen LogP contribution is -2.14. The average molecular weight is 353 g/mol. The van der Waals surface area contributed by atoms with Crippen molar-refractivity contribution < 1.29 is 9.13 Å². The van der Waals surface area contributed by atoms with Gasteiger partial charge in [-0.1, -0.05) is 32.9 Å². The minimum atomic E-state index is -0.513. The van der Waals surface area contributed by atoms with Crippen LogP contribution in [-0.4, -0.2) is 19.9 Å². The van der Waals surface area contributed by atoms with Crippen molar-refractivity contribution in [3.63, 3.8) is 0 Å². The molecule has 0 fully saturated rings. The molecule has 7 heteroatoms. The van der Waals surface area contributed by atoms with Gasteiger partial charge in [0, 0.05) is 35.3 Å². The number of rotatable bonds is 3. The van der Waals surface area contributed by atoms with Gasteiger partial charge in [-0.3, -0.25) is 0 Å². The molecule has 0 aliphatic carbocycles. The van der Waals surface area contributed by atoms with Gasteiger partial charge in [-0.25, -0.2) is 24.3 Å². The average Bonchev–Trinajstić information content (AvgIpc) is 2.57. The number of anilines is 1. The normalized spacial score (nSPS) is 11.4. The largest absolute Gasteiger partial charge is 0.421 e. The van der Waals surface area contributed by atoms with Crippen LogP contribution in [0.4, 0.5) is 10.3 Å². The molecule has 0 saturated heterocycles. The summed E-state index contributed by atoms with van der Waals surface area (Å²) in [5.74, 6) is -0.272. The first kappa shape index (κ1) is 17.7. The maximum absolute atomic E-state index is 15.4. The molecule has 0 unspecified atom stereocenters. The monoisotopic (exact) mass is 353 g/mol. The second-order valence-corrected chi connectivity index (χ2v) is 6.91. The van der Waals surface area contributed by atoms with Crippen LogP contribution < -0.4 is 10.5 Å². The lowest BCUT2D eigenvalue weighted by Gasteiger charge is -2.23. The number of ether oxygens (including phenoxy) is 1. The van der Waals surface area contributed by atoms with Crippen molar-refractivity contribution in [3.8, 4) is 22.9 Å². The zero-order valence-electron chi connectivity index (χ0n) is 15.1. The number of nitrogens with zero attached hydrogens (tertiary/aromatic N) is 4. The van der Waals surface area contributed by atoms with E-state index in [0.29, 0.717) is 22.4 Å². The molecule has 2 heterocycles. The molecule has 26 heavy (non-hydrogen) atoms. The van der Waals surface area contributed by atoms with E-state index < -0.39 is 5.82 Å². The zero-order chi connectivity index (χ0) is 18.9. The van der Waals surface area contributed by atoms with Crippen molar-refractivity contribution in [2.24, 2.45) is 0 Å². The number of nitrogens with two attached hydrogens (primary N) is 1. The topological polar surface area (TPSA) is 86.8 Å². The van der Waals surface area contributed by atoms with Crippen LogP contribution in [0.5, 0.6) is 11.8 Å². The quantitative estimate of drug-likeness (QED) is 0.764. The summed E-state index contributed by atoms with van der Waals surface area (Å²) >= 11 is 0.